The Balaban J connectivity index is 0.00000280. The summed E-state index contributed by atoms with van der Waals surface area (Å²) in [5.41, 5.74) is -0.0424. The highest BCUT2D eigenvalue weighted by molar-refractivity contribution is 5.97. The molecule has 1 heterocycles. The Morgan fingerprint density at radius 1 is 1.25 bits per heavy atom. The van der Waals surface area contributed by atoms with Gasteiger partial charge in [0, 0.05) is 24.7 Å². The quantitative estimate of drug-likeness (QED) is 0.539. The number of nitro groups is 1. The molecule has 0 saturated carbocycles. The van der Waals surface area contributed by atoms with Gasteiger partial charge in [-0.1, -0.05) is 0 Å². The van der Waals surface area contributed by atoms with Crippen molar-refractivity contribution in [1.82, 2.24) is 10.6 Å². The smallest absolute Gasteiger partial charge is 0.270 e. The van der Waals surface area contributed by atoms with Gasteiger partial charge >= 0.3 is 0 Å². The lowest BCUT2D eigenvalue weighted by molar-refractivity contribution is -0.384. The third-order valence-electron chi connectivity index (χ3n) is 4.38. The summed E-state index contributed by atoms with van der Waals surface area (Å²) in [7, 11) is 1.56. The minimum atomic E-state index is -0.535. The SMILES string of the molecule is COc1ccc(Oc2ccc([N+](=O)[O-])cc2C(=O)NCC2CCCN2)cc1.Cl. The van der Waals surface area contributed by atoms with E-state index in [9.17, 15) is 14.9 Å². The molecule has 9 heteroatoms. The van der Waals surface area contributed by atoms with E-state index in [1.165, 1.54) is 18.2 Å². The van der Waals surface area contributed by atoms with Crippen molar-refractivity contribution in [1.29, 1.82) is 0 Å². The van der Waals surface area contributed by atoms with Gasteiger partial charge in [-0.05, 0) is 49.7 Å². The highest BCUT2D eigenvalue weighted by Gasteiger charge is 2.20. The van der Waals surface area contributed by atoms with E-state index in [0.29, 0.717) is 18.0 Å². The molecule has 150 valence electrons. The molecule has 2 aromatic carbocycles. The number of nitrogens with one attached hydrogen (secondary N) is 2. The number of non-ortho nitro benzene ring substituents is 1. The molecule has 1 fully saturated rings. The third-order valence-corrected chi connectivity index (χ3v) is 4.38. The lowest BCUT2D eigenvalue weighted by Crippen LogP contribution is -2.37. The first-order valence-corrected chi connectivity index (χ1v) is 8.69. The van der Waals surface area contributed by atoms with Gasteiger partial charge < -0.3 is 20.1 Å². The van der Waals surface area contributed by atoms with Gasteiger partial charge in [-0.3, -0.25) is 14.9 Å². The molecule has 1 unspecified atom stereocenters. The van der Waals surface area contributed by atoms with Crippen LogP contribution >= 0.6 is 12.4 Å². The number of benzene rings is 2. The molecular weight excluding hydrogens is 386 g/mol. The van der Waals surface area contributed by atoms with Crippen LogP contribution in [0.4, 0.5) is 5.69 Å². The molecular formula is C19H22ClN3O5. The Bertz CT molecular complexity index is 823. The molecule has 1 aliphatic rings. The van der Waals surface area contributed by atoms with Crippen molar-refractivity contribution in [2.75, 3.05) is 20.2 Å². The van der Waals surface area contributed by atoms with Crippen LogP contribution in [0.5, 0.6) is 17.2 Å². The van der Waals surface area contributed by atoms with Gasteiger partial charge in [-0.15, -0.1) is 12.4 Å². The molecule has 0 aromatic heterocycles. The average molecular weight is 408 g/mol. The number of hydrogen-bond donors (Lipinski definition) is 2. The standard InChI is InChI=1S/C19H21N3O5.ClH/c1-26-15-5-7-16(8-6-15)27-18-9-4-14(22(24)25)11-17(18)19(23)21-12-13-3-2-10-20-13;/h4-9,11,13,20H,2-3,10,12H2,1H3,(H,21,23);1H. The van der Waals surface area contributed by atoms with Gasteiger partial charge in [-0.25, -0.2) is 0 Å². The number of hydrogen-bond acceptors (Lipinski definition) is 6. The summed E-state index contributed by atoms with van der Waals surface area (Å²) < 4.78 is 10.9. The lowest BCUT2D eigenvalue weighted by atomic mass is 10.1. The summed E-state index contributed by atoms with van der Waals surface area (Å²) in [5, 5.41) is 17.2. The van der Waals surface area contributed by atoms with Crippen molar-refractivity contribution in [2.24, 2.45) is 0 Å². The van der Waals surface area contributed by atoms with E-state index in [4.69, 9.17) is 9.47 Å². The Morgan fingerprint density at radius 3 is 2.57 bits per heavy atom. The van der Waals surface area contributed by atoms with Gasteiger partial charge in [0.15, 0.2) is 0 Å². The fourth-order valence-corrected chi connectivity index (χ4v) is 2.91. The summed E-state index contributed by atoms with van der Waals surface area (Å²) in [6.07, 6.45) is 2.06. The van der Waals surface area contributed by atoms with Gasteiger partial charge in [0.25, 0.3) is 11.6 Å². The van der Waals surface area contributed by atoms with Crippen molar-refractivity contribution >= 4 is 24.0 Å². The summed E-state index contributed by atoms with van der Waals surface area (Å²) in [6.45, 7) is 1.40. The highest BCUT2D eigenvalue weighted by atomic mass is 35.5. The minimum absolute atomic E-state index is 0. The van der Waals surface area contributed by atoms with Crippen LogP contribution < -0.4 is 20.1 Å². The fraction of sp³-hybridized carbons (Fsp3) is 0.316. The van der Waals surface area contributed by atoms with Crippen molar-refractivity contribution in [3.05, 3.63) is 58.1 Å². The monoisotopic (exact) mass is 407 g/mol. The number of carbonyl (C=O) groups is 1. The van der Waals surface area contributed by atoms with Crippen molar-refractivity contribution in [2.45, 2.75) is 18.9 Å². The second-order valence-electron chi connectivity index (χ2n) is 6.22. The molecule has 2 N–H and O–H groups in total. The van der Waals surface area contributed by atoms with Crippen LogP contribution in [0.15, 0.2) is 42.5 Å². The number of nitrogens with zero attached hydrogens (tertiary/aromatic N) is 1. The van der Waals surface area contributed by atoms with E-state index in [-0.39, 0.29) is 35.4 Å². The average Bonchev–Trinajstić information content (AvgIpc) is 3.20. The number of ether oxygens (including phenoxy) is 2. The molecule has 0 spiro atoms. The number of rotatable bonds is 7. The molecule has 1 atom stereocenters. The van der Waals surface area contributed by atoms with Crippen molar-refractivity contribution in [3.63, 3.8) is 0 Å². The maximum Gasteiger partial charge on any atom is 0.270 e. The van der Waals surface area contributed by atoms with E-state index in [0.717, 1.165) is 19.4 Å². The summed E-state index contributed by atoms with van der Waals surface area (Å²) >= 11 is 0. The summed E-state index contributed by atoms with van der Waals surface area (Å²) in [5.74, 6) is 1.02. The third kappa shape index (κ3) is 5.34. The molecule has 2 aromatic rings. The summed E-state index contributed by atoms with van der Waals surface area (Å²) in [6, 6.07) is 11.1. The first kappa shape index (κ1) is 21.5. The van der Waals surface area contributed by atoms with E-state index >= 15 is 0 Å². The highest BCUT2D eigenvalue weighted by Crippen LogP contribution is 2.29. The van der Waals surface area contributed by atoms with Crippen LogP contribution in [-0.2, 0) is 0 Å². The van der Waals surface area contributed by atoms with E-state index in [2.05, 4.69) is 10.6 Å². The molecule has 28 heavy (non-hydrogen) atoms. The zero-order chi connectivity index (χ0) is 19.2. The second-order valence-corrected chi connectivity index (χ2v) is 6.22. The maximum atomic E-state index is 12.6. The molecule has 0 bridgehead atoms. The Kier molecular flexibility index (Phi) is 7.60. The van der Waals surface area contributed by atoms with Gasteiger partial charge in [0.05, 0.1) is 17.6 Å². The fourth-order valence-electron chi connectivity index (χ4n) is 2.91. The predicted octanol–water partition coefficient (Wildman–Crippen LogP) is 3.30. The Labute approximate surface area is 168 Å². The molecule has 1 saturated heterocycles. The van der Waals surface area contributed by atoms with Crippen LogP contribution in [0.25, 0.3) is 0 Å². The van der Waals surface area contributed by atoms with Crippen LogP contribution in [0, 0.1) is 10.1 Å². The zero-order valence-electron chi connectivity index (χ0n) is 15.3. The maximum absolute atomic E-state index is 12.6. The normalized spacial score (nSPS) is 15.4. The van der Waals surface area contributed by atoms with Crippen LogP contribution in [0.3, 0.4) is 0 Å². The van der Waals surface area contributed by atoms with Gasteiger partial charge in [0.1, 0.15) is 17.2 Å². The molecule has 0 radical (unpaired) electrons. The van der Waals surface area contributed by atoms with Gasteiger partial charge in [0.2, 0.25) is 0 Å². The number of halogens is 1. The molecule has 0 aliphatic carbocycles. The molecule has 1 aliphatic heterocycles. The molecule has 3 rings (SSSR count). The van der Waals surface area contributed by atoms with E-state index in [1.807, 2.05) is 0 Å². The minimum Gasteiger partial charge on any atom is -0.497 e. The first-order chi connectivity index (χ1) is 13.1. The van der Waals surface area contributed by atoms with E-state index in [1.54, 1.807) is 31.4 Å². The number of amides is 1. The van der Waals surface area contributed by atoms with Gasteiger partial charge in [-0.2, -0.15) is 0 Å². The van der Waals surface area contributed by atoms with Crippen LogP contribution in [0.1, 0.15) is 23.2 Å². The van der Waals surface area contributed by atoms with E-state index < -0.39 is 10.8 Å². The topological polar surface area (TPSA) is 103 Å². The Morgan fingerprint density at radius 2 is 1.96 bits per heavy atom. The van der Waals surface area contributed by atoms with Crippen molar-refractivity contribution in [3.8, 4) is 17.2 Å². The van der Waals surface area contributed by atoms with Crippen LogP contribution in [0.2, 0.25) is 0 Å². The largest absolute Gasteiger partial charge is 0.497 e. The predicted molar refractivity (Wildman–Crippen MR) is 107 cm³/mol. The molecule has 8 nitrogen and oxygen atoms in total. The number of nitro benzene ring substituents is 1. The summed E-state index contributed by atoms with van der Waals surface area (Å²) in [4.78, 5) is 23.2. The Hall–Kier alpha value is -2.84. The van der Waals surface area contributed by atoms with Crippen molar-refractivity contribution < 1.29 is 19.2 Å². The second kappa shape index (κ2) is 9.91. The first-order valence-electron chi connectivity index (χ1n) is 8.69. The number of methoxy groups -OCH3 is 1. The zero-order valence-corrected chi connectivity index (χ0v) is 16.2. The lowest BCUT2D eigenvalue weighted by Gasteiger charge is -2.14. The number of carbonyl (C=O) groups excluding carboxylic acids is 1. The molecule has 1 amide bonds. The van der Waals surface area contributed by atoms with Crippen LogP contribution in [-0.4, -0.2) is 37.1 Å².